The van der Waals surface area contributed by atoms with Crippen molar-refractivity contribution in [2.45, 2.75) is 0 Å². The molecule has 2 aromatic heterocycles. The lowest BCUT2D eigenvalue weighted by molar-refractivity contribution is 1.06. The van der Waals surface area contributed by atoms with Crippen molar-refractivity contribution < 1.29 is 0 Å². The molecule has 0 bridgehead atoms. The molecule has 0 saturated carbocycles. The van der Waals surface area contributed by atoms with Gasteiger partial charge < -0.3 is 9.88 Å². The summed E-state index contributed by atoms with van der Waals surface area (Å²) in [6, 6.07) is 16.6. The minimum atomic E-state index is 0.896. The number of benzene rings is 2. The minimum Gasteiger partial charge on any atom is -0.332 e. The predicted octanol–water partition coefficient (Wildman–Crippen LogP) is 3.00. The summed E-state index contributed by atoms with van der Waals surface area (Å²) in [6.07, 6.45) is 5.50. The number of aromatic nitrogens is 3. The zero-order valence-corrected chi connectivity index (χ0v) is 14.0. The van der Waals surface area contributed by atoms with E-state index < -0.39 is 0 Å². The van der Waals surface area contributed by atoms with E-state index in [0.717, 1.165) is 27.8 Å². The second-order valence-electron chi connectivity index (χ2n) is 5.55. The molecule has 0 saturated heterocycles. The maximum absolute atomic E-state index is 4.68. The van der Waals surface area contributed by atoms with Crippen LogP contribution in [0.3, 0.4) is 0 Å². The Morgan fingerprint density at radius 1 is 1.00 bits per heavy atom. The van der Waals surface area contributed by atoms with Crippen LogP contribution in [0.1, 0.15) is 0 Å². The smallest absolute Gasteiger partial charge is 0.187 e. The highest BCUT2D eigenvalue weighted by Crippen LogP contribution is 2.27. The standard InChI is InChI=1S/C18H15BN4S/c19-14-3-5-15(6-4-14)21-18-22-17(11-24-18)13-1-7-16(8-2-13)23-10-9-20-12-23/h1-12H,19H2,(H,21,22). The number of nitrogens with one attached hydrogen (secondary N) is 1. The third-order valence-electron chi connectivity index (χ3n) is 3.77. The highest BCUT2D eigenvalue weighted by molar-refractivity contribution is 7.14. The lowest BCUT2D eigenvalue weighted by atomic mass is 9.96. The molecule has 0 radical (unpaired) electrons. The number of anilines is 2. The van der Waals surface area contributed by atoms with E-state index in [0.29, 0.717) is 0 Å². The van der Waals surface area contributed by atoms with Gasteiger partial charge >= 0.3 is 0 Å². The molecular formula is C18H15BN4S. The quantitative estimate of drug-likeness (QED) is 0.585. The van der Waals surface area contributed by atoms with Crippen molar-refractivity contribution in [1.29, 1.82) is 0 Å². The Morgan fingerprint density at radius 3 is 2.50 bits per heavy atom. The van der Waals surface area contributed by atoms with Crippen molar-refractivity contribution in [3.8, 4) is 16.9 Å². The number of thiazole rings is 1. The van der Waals surface area contributed by atoms with E-state index in [1.54, 1.807) is 23.9 Å². The Kier molecular flexibility index (Phi) is 3.88. The zero-order valence-electron chi connectivity index (χ0n) is 13.2. The van der Waals surface area contributed by atoms with Gasteiger partial charge in [0.2, 0.25) is 0 Å². The molecule has 24 heavy (non-hydrogen) atoms. The largest absolute Gasteiger partial charge is 0.332 e. The molecule has 4 aromatic rings. The number of rotatable bonds is 4. The van der Waals surface area contributed by atoms with Crippen LogP contribution in [0.15, 0.2) is 72.6 Å². The monoisotopic (exact) mass is 330 g/mol. The number of hydrogen-bond acceptors (Lipinski definition) is 4. The molecule has 0 fully saturated rings. The molecule has 2 aromatic carbocycles. The second-order valence-corrected chi connectivity index (χ2v) is 6.40. The summed E-state index contributed by atoms with van der Waals surface area (Å²) in [7, 11) is 2.08. The fourth-order valence-corrected chi connectivity index (χ4v) is 3.18. The highest BCUT2D eigenvalue weighted by Gasteiger charge is 2.05. The van der Waals surface area contributed by atoms with Crippen LogP contribution in [0.5, 0.6) is 0 Å². The van der Waals surface area contributed by atoms with Gasteiger partial charge in [0, 0.05) is 34.7 Å². The van der Waals surface area contributed by atoms with Crippen molar-refractivity contribution in [2.75, 3.05) is 5.32 Å². The average Bonchev–Trinajstić information content (AvgIpc) is 3.29. The molecule has 0 atom stereocenters. The lowest BCUT2D eigenvalue weighted by Gasteiger charge is -2.04. The second kappa shape index (κ2) is 6.33. The Morgan fingerprint density at radius 2 is 1.79 bits per heavy atom. The molecule has 2 heterocycles. The number of nitrogens with zero attached hydrogens (tertiary/aromatic N) is 3. The molecule has 0 aliphatic carbocycles. The van der Waals surface area contributed by atoms with Gasteiger partial charge in [0.25, 0.3) is 0 Å². The molecule has 0 amide bonds. The van der Waals surface area contributed by atoms with Gasteiger partial charge in [0.1, 0.15) is 7.85 Å². The van der Waals surface area contributed by atoms with E-state index in [1.807, 2.05) is 10.8 Å². The van der Waals surface area contributed by atoms with Crippen LogP contribution in [0.25, 0.3) is 16.9 Å². The predicted molar refractivity (Wildman–Crippen MR) is 103 cm³/mol. The normalized spacial score (nSPS) is 10.7. The van der Waals surface area contributed by atoms with Gasteiger partial charge in [-0.15, -0.1) is 11.3 Å². The van der Waals surface area contributed by atoms with Crippen LogP contribution >= 0.6 is 11.3 Å². The van der Waals surface area contributed by atoms with Crippen molar-refractivity contribution in [3.05, 3.63) is 72.6 Å². The zero-order chi connectivity index (χ0) is 16.4. The van der Waals surface area contributed by atoms with Gasteiger partial charge in [-0.2, -0.15) is 0 Å². The third kappa shape index (κ3) is 3.09. The first-order valence-corrected chi connectivity index (χ1v) is 8.54. The van der Waals surface area contributed by atoms with Crippen molar-refractivity contribution in [3.63, 3.8) is 0 Å². The van der Waals surface area contributed by atoms with Crippen LogP contribution in [0.2, 0.25) is 0 Å². The van der Waals surface area contributed by atoms with Gasteiger partial charge in [-0.3, -0.25) is 0 Å². The van der Waals surface area contributed by atoms with Crippen LogP contribution in [0, 0.1) is 0 Å². The molecule has 4 rings (SSSR count). The summed E-state index contributed by atoms with van der Waals surface area (Å²) in [4.78, 5) is 8.75. The fraction of sp³-hybridized carbons (Fsp3) is 0. The lowest BCUT2D eigenvalue weighted by Crippen LogP contribution is -2.00. The Bertz CT molecular complexity index is 928. The molecule has 6 heteroatoms. The Hall–Kier alpha value is -2.86. The van der Waals surface area contributed by atoms with Crippen LogP contribution < -0.4 is 10.8 Å². The van der Waals surface area contributed by atoms with Crippen molar-refractivity contribution in [2.24, 2.45) is 0 Å². The van der Waals surface area contributed by atoms with Crippen LogP contribution in [-0.4, -0.2) is 22.4 Å². The van der Waals surface area contributed by atoms with Crippen LogP contribution in [0.4, 0.5) is 10.8 Å². The average molecular weight is 330 g/mol. The molecule has 116 valence electrons. The summed E-state index contributed by atoms with van der Waals surface area (Å²) in [5, 5.41) is 6.32. The first-order valence-electron chi connectivity index (χ1n) is 7.66. The Labute approximate surface area is 145 Å². The highest BCUT2D eigenvalue weighted by atomic mass is 32.1. The Balaban J connectivity index is 1.53. The van der Waals surface area contributed by atoms with E-state index >= 15 is 0 Å². The maximum atomic E-state index is 4.68. The van der Waals surface area contributed by atoms with Crippen molar-refractivity contribution >= 4 is 35.5 Å². The molecule has 0 aliphatic rings. The van der Waals surface area contributed by atoms with E-state index in [9.17, 15) is 0 Å². The minimum absolute atomic E-state index is 0.896. The first-order chi connectivity index (χ1) is 11.8. The molecule has 0 unspecified atom stereocenters. The summed E-state index contributed by atoms with van der Waals surface area (Å²) in [5.41, 5.74) is 5.47. The van der Waals surface area contributed by atoms with Gasteiger partial charge in [-0.05, 0) is 24.3 Å². The van der Waals surface area contributed by atoms with E-state index in [2.05, 4.69) is 77.0 Å². The topological polar surface area (TPSA) is 42.7 Å². The fourth-order valence-electron chi connectivity index (χ4n) is 2.44. The summed E-state index contributed by atoms with van der Waals surface area (Å²) >= 11 is 1.61. The van der Waals surface area contributed by atoms with E-state index in [-0.39, 0.29) is 0 Å². The van der Waals surface area contributed by atoms with Gasteiger partial charge in [0.05, 0.1) is 12.0 Å². The molecule has 1 N–H and O–H groups in total. The number of imidazole rings is 1. The molecular weight excluding hydrogens is 315 g/mol. The van der Waals surface area contributed by atoms with Gasteiger partial charge in [0.15, 0.2) is 5.13 Å². The summed E-state index contributed by atoms with van der Waals surface area (Å²) in [6.45, 7) is 0. The van der Waals surface area contributed by atoms with Gasteiger partial charge in [-0.25, -0.2) is 9.97 Å². The van der Waals surface area contributed by atoms with E-state index in [4.69, 9.17) is 0 Å². The SMILES string of the molecule is Bc1ccc(Nc2nc(-c3ccc(-n4ccnc4)cc3)cs2)cc1. The summed E-state index contributed by atoms with van der Waals surface area (Å²) in [5.74, 6) is 0. The van der Waals surface area contributed by atoms with E-state index in [1.165, 1.54) is 5.46 Å². The molecule has 0 aliphatic heterocycles. The molecule has 0 spiro atoms. The van der Waals surface area contributed by atoms with Crippen molar-refractivity contribution in [1.82, 2.24) is 14.5 Å². The first kappa shape index (κ1) is 14.7. The third-order valence-corrected chi connectivity index (χ3v) is 4.53. The number of hydrogen-bond donors (Lipinski definition) is 1. The maximum Gasteiger partial charge on any atom is 0.187 e. The molecule has 4 nitrogen and oxygen atoms in total. The summed E-state index contributed by atoms with van der Waals surface area (Å²) < 4.78 is 1.98. The van der Waals surface area contributed by atoms with Gasteiger partial charge in [-0.1, -0.05) is 29.7 Å². The van der Waals surface area contributed by atoms with Crippen LogP contribution in [-0.2, 0) is 0 Å².